The number of hydrogen-bond donors (Lipinski definition) is 2. The van der Waals surface area contributed by atoms with Crippen molar-refractivity contribution in [2.24, 2.45) is 17.2 Å². The summed E-state index contributed by atoms with van der Waals surface area (Å²) in [5.41, 5.74) is 3.16. The highest BCUT2D eigenvalue weighted by atomic mass is 15.2. The van der Waals surface area contributed by atoms with Crippen LogP contribution in [0, 0.1) is 11.3 Å². The van der Waals surface area contributed by atoms with Gasteiger partial charge in [-0.1, -0.05) is 27.7 Å². The summed E-state index contributed by atoms with van der Waals surface area (Å²) < 4.78 is 0. The Bertz CT molecular complexity index is 108. The molecule has 0 saturated carbocycles. The first-order chi connectivity index (χ1) is 4.90. The first kappa shape index (κ1) is 10.9. The Balaban J connectivity index is 3.90. The van der Waals surface area contributed by atoms with E-state index in [2.05, 4.69) is 40.0 Å². The molecule has 0 rings (SSSR count). The maximum atomic E-state index is 5.33. The highest BCUT2D eigenvalue weighted by molar-refractivity contribution is 4.76. The van der Waals surface area contributed by atoms with Crippen molar-refractivity contribution in [2.75, 3.05) is 0 Å². The fourth-order valence-electron chi connectivity index (χ4n) is 1.08. The van der Waals surface area contributed by atoms with Crippen molar-refractivity contribution < 1.29 is 0 Å². The molecule has 0 spiro atoms. The van der Waals surface area contributed by atoms with Crippen LogP contribution in [0.5, 0.6) is 0 Å². The van der Waals surface area contributed by atoms with Crippen molar-refractivity contribution >= 4 is 0 Å². The molecule has 0 amide bonds. The number of hydrazine groups is 1. The molecule has 0 heterocycles. The van der Waals surface area contributed by atoms with Crippen LogP contribution in [-0.2, 0) is 0 Å². The van der Waals surface area contributed by atoms with Gasteiger partial charge in [0, 0.05) is 6.04 Å². The lowest BCUT2D eigenvalue weighted by molar-refractivity contribution is 0.204. The molecule has 1 atom stereocenters. The minimum atomic E-state index is 0.381. The van der Waals surface area contributed by atoms with Gasteiger partial charge in [-0.05, 0) is 24.7 Å². The molecule has 2 heteroatoms. The molecule has 2 nitrogen and oxygen atoms in total. The van der Waals surface area contributed by atoms with Crippen molar-refractivity contribution in [1.29, 1.82) is 0 Å². The molecule has 0 aliphatic heterocycles. The van der Waals surface area contributed by atoms with Crippen molar-refractivity contribution in [3.05, 3.63) is 0 Å². The Morgan fingerprint density at radius 3 is 2.00 bits per heavy atom. The zero-order valence-electron chi connectivity index (χ0n) is 8.44. The molecule has 0 aromatic heterocycles. The second-order valence-corrected chi connectivity index (χ2v) is 4.42. The van der Waals surface area contributed by atoms with Gasteiger partial charge in [0.15, 0.2) is 0 Å². The molecule has 68 valence electrons. The van der Waals surface area contributed by atoms with E-state index in [1.807, 2.05) is 0 Å². The lowest BCUT2D eigenvalue weighted by Gasteiger charge is -2.31. The normalized spacial score (nSPS) is 15.5. The number of nitrogens with one attached hydrogen (secondary N) is 1. The topological polar surface area (TPSA) is 38.0 Å². The third kappa shape index (κ3) is 3.73. The molecule has 0 aromatic carbocycles. The van der Waals surface area contributed by atoms with E-state index in [0.717, 1.165) is 6.42 Å². The molecule has 11 heavy (non-hydrogen) atoms. The van der Waals surface area contributed by atoms with Crippen LogP contribution in [0.2, 0.25) is 0 Å². The van der Waals surface area contributed by atoms with E-state index in [1.165, 1.54) is 0 Å². The first-order valence-electron chi connectivity index (χ1n) is 4.36. The number of hydrogen-bond acceptors (Lipinski definition) is 2. The molecule has 0 bridgehead atoms. The largest absolute Gasteiger partial charge is 0.271 e. The Kier molecular flexibility index (Phi) is 4.04. The predicted molar refractivity (Wildman–Crippen MR) is 50.0 cm³/mol. The molecular weight excluding hydrogens is 136 g/mol. The van der Waals surface area contributed by atoms with E-state index in [1.54, 1.807) is 0 Å². The van der Waals surface area contributed by atoms with Crippen molar-refractivity contribution in [3.8, 4) is 0 Å². The summed E-state index contributed by atoms with van der Waals surface area (Å²) in [5, 5.41) is 0. The minimum Gasteiger partial charge on any atom is -0.271 e. The zero-order valence-corrected chi connectivity index (χ0v) is 8.44. The predicted octanol–water partition coefficient (Wildman–Crippen LogP) is 1.91. The molecule has 3 N–H and O–H groups in total. The molecule has 0 aliphatic carbocycles. The van der Waals surface area contributed by atoms with Crippen LogP contribution < -0.4 is 11.3 Å². The lowest BCUT2D eigenvalue weighted by atomic mass is 9.76. The smallest absolute Gasteiger partial charge is 0.0187 e. The van der Waals surface area contributed by atoms with E-state index < -0.39 is 0 Å². The summed E-state index contributed by atoms with van der Waals surface area (Å²) in [6.07, 6.45) is 1.13. The fraction of sp³-hybridized carbons (Fsp3) is 1.00. The van der Waals surface area contributed by atoms with Gasteiger partial charge in [-0.15, -0.1) is 0 Å². The Morgan fingerprint density at radius 1 is 1.27 bits per heavy atom. The van der Waals surface area contributed by atoms with Crippen LogP contribution in [0.15, 0.2) is 0 Å². The van der Waals surface area contributed by atoms with Gasteiger partial charge in [0.1, 0.15) is 0 Å². The standard InChI is InChI=1S/C9H22N2/c1-7(2)9(4,5)6-8(3)11-10/h7-8,11H,6,10H2,1-5H3. The van der Waals surface area contributed by atoms with Crippen molar-refractivity contribution in [1.82, 2.24) is 5.43 Å². The van der Waals surface area contributed by atoms with E-state index in [9.17, 15) is 0 Å². The summed E-state index contributed by atoms with van der Waals surface area (Å²) in [5.74, 6) is 6.04. The van der Waals surface area contributed by atoms with E-state index in [-0.39, 0.29) is 0 Å². The van der Waals surface area contributed by atoms with Gasteiger partial charge < -0.3 is 0 Å². The minimum absolute atomic E-state index is 0.381. The Morgan fingerprint density at radius 2 is 1.73 bits per heavy atom. The van der Waals surface area contributed by atoms with Crippen LogP contribution in [0.1, 0.15) is 41.0 Å². The van der Waals surface area contributed by atoms with Gasteiger partial charge in [-0.2, -0.15) is 0 Å². The van der Waals surface area contributed by atoms with Gasteiger partial charge in [0.05, 0.1) is 0 Å². The lowest BCUT2D eigenvalue weighted by Crippen LogP contribution is -2.37. The SMILES string of the molecule is CC(CC(C)(C)C(C)C)NN. The summed E-state index contributed by atoms with van der Waals surface area (Å²) in [6.45, 7) is 11.2. The average Bonchev–Trinajstić information content (AvgIpc) is 1.86. The van der Waals surface area contributed by atoms with E-state index in [0.29, 0.717) is 17.4 Å². The zero-order chi connectivity index (χ0) is 9.07. The quantitative estimate of drug-likeness (QED) is 0.484. The monoisotopic (exact) mass is 158 g/mol. The second kappa shape index (κ2) is 4.07. The molecule has 0 aromatic rings. The molecule has 0 radical (unpaired) electrons. The summed E-state index contributed by atoms with van der Waals surface area (Å²) in [4.78, 5) is 0. The van der Waals surface area contributed by atoms with Crippen LogP contribution in [0.3, 0.4) is 0 Å². The second-order valence-electron chi connectivity index (χ2n) is 4.42. The van der Waals surface area contributed by atoms with Crippen molar-refractivity contribution in [2.45, 2.75) is 47.1 Å². The maximum Gasteiger partial charge on any atom is 0.0187 e. The van der Waals surface area contributed by atoms with Gasteiger partial charge in [-0.3, -0.25) is 11.3 Å². The summed E-state index contributed by atoms with van der Waals surface area (Å²) in [7, 11) is 0. The molecular formula is C9H22N2. The van der Waals surface area contributed by atoms with Gasteiger partial charge >= 0.3 is 0 Å². The van der Waals surface area contributed by atoms with Gasteiger partial charge in [-0.25, -0.2) is 0 Å². The summed E-state index contributed by atoms with van der Waals surface area (Å²) in [6, 6.07) is 0.410. The molecule has 0 saturated heterocycles. The highest BCUT2D eigenvalue weighted by Crippen LogP contribution is 2.30. The van der Waals surface area contributed by atoms with Gasteiger partial charge in [0.25, 0.3) is 0 Å². The molecule has 1 unspecified atom stereocenters. The number of nitrogens with two attached hydrogens (primary N) is 1. The summed E-state index contributed by atoms with van der Waals surface area (Å²) >= 11 is 0. The Hall–Kier alpha value is -0.0800. The average molecular weight is 158 g/mol. The third-order valence-corrected chi connectivity index (χ3v) is 2.68. The fourth-order valence-corrected chi connectivity index (χ4v) is 1.08. The van der Waals surface area contributed by atoms with E-state index >= 15 is 0 Å². The van der Waals surface area contributed by atoms with E-state index in [4.69, 9.17) is 5.84 Å². The van der Waals surface area contributed by atoms with Crippen LogP contribution in [0.25, 0.3) is 0 Å². The maximum absolute atomic E-state index is 5.33. The first-order valence-corrected chi connectivity index (χ1v) is 4.36. The third-order valence-electron chi connectivity index (χ3n) is 2.68. The molecule has 0 aliphatic rings. The number of rotatable bonds is 4. The van der Waals surface area contributed by atoms with Gasteiger partial charge in [0.2, 0.25) is 0 Å². The highest BCUT2D eigenvalue weighted by Gasteiger charge is 2.23. The van der Waals surface area contributed by atoms with Crippen LogP contribution in [-0.4, -0.2) is 6.04 Å². The van der Waals surface area contributed by atoms with Crippen LogP contribution >= 0.6 is 0 Å². The Labute approximate surface area is 70.5 Å². The molecule has 0 fully saturated rings. The van der Waals surface area contributed by atoms with Crippen LogP contribution in [0.4, 0.5) is 0 Å². The van der Waals surface area contributed by atoms with Crippen molar-refractivity contribution in [3.63, 3.8) is 0 Å².